The topological polar surface area (TPSA) is 92.5 Å². The Morgan fingerprint density at radius 1 is 1.33 bits per heavy atom. The minimum absolute atomic E-state index is 0.0797. The lowest BCUT2D eigenvalue weighted by Crippen LogP contribution is -2.35. The zero-order valence-electron chi connectivity index (χ0n) is 13.9. The Hall–Kier alpha value is -2.56. The minimum atomic E-state index is -3.80. The summed E-state index contributed by atoms with van der Waals surface area (Å²) in [7, 11) is -3.80. The Balaban J connectivity index is 1.53. The van der Waals surface area contributed by atoms with Crippen molar-refractivity contribution in [3.8, 4) is 0 Å². The first-order valence-corrected chi connectivity index (χ1v) is 10.3. The van der Waals surface area contributed by atoms with Gasteiger partial charge >= 0.3 is 0 Å². The fourth-order valence-electron chi connectivity index (χ4n) is 2.77. The maximum atomic E-state index is 13.4. The normalized spacial score (nSPS) is 14.7. The van der Waals surface area contributed by atoms with Gasteiger partial charge in [0.05, 0.1) is 29.0 Å². The monoisotopic (exact) mass is 407 g/mol. The summed E-state index contributed by atoms with van der Waals surface area (Å²) in [4.78, 5) is 17.1. The Bertz CT molecular complexity index is 1090. The second-order valence-corrected chi connectivity index (χ2v) is 8.92. The van der Waals surface area contributed by atoms with E-state index in [-0.39, 0.29) is 23.9 Å². The molecule has 0 radical (unpaired) electrons. The standard InChI is InChI=1S/C17H14FN3O4S2/c18-12-2-1-3-13(8-12)27(23,24)21-6-4-14-15(9-21)26-17(19-14)20-16(22)11-5-7-25-10-11/h1-3,5,7-8,10H,4,6,9H2,(H,19,20,22). The van der Waals surface area contributed by atoms with Crippen molar-refractivity contribution < 1.29 is 22.0 Å². The van der Waals surface area contributed by atoms with Crippen molar-refractivity contribution in [2.45, 2.75) is 17.9 Å². The van der Waals surface area contributed by atoms with Crippen LogP contribution in [0, 0.1) is 5.82 Å². The van der Waals surface area contributed by atoms with E-state index in [9.17, 15) is 17.6 Å². The van der Waals surface area contributed by atoms with E-state index in [2.05, 4.69) is 10.3 Å². The van der Waals surface area contributed by atoms with E-state index in [0.717, 1.165) is 16.6 Å². The number of nitrogens with one attached hydrogen (secondary N) is 1. The van der Waals surface area contributed by atoms with Crippen LogP contribution < -0.4 is 5.32 Å². The second-order valence-electron chi connectivity index (χ2n) is 5.90. The number of benzene rings is 1. The molecule has 0 unspecified atom stereocenters. The van der Waals surface area contributed by atoms with Crippen molar-refractivity contribution in [1.29, 1.82) is 0 Å². The van der Waals surface area contributed by atoms with Crippen LogP contribution in [0.5, 0.6) is 0 Å². The molecule has 1 N–H and O–H groups in total. The van der Waals surface area contributed by atoms with Crippen LogP contribution in [-0.2, 0) is 23.0 Å². The van der Waals surface area contributed by atoms with Gasteiger partial charge in [0.15, 0.2) is 5.13 Å². The van der Waals surface area contributed by atoms with Crippen molar-refractivity contribution in [3.63, 3.8) is 0 Å². The third kappa shape index (κ3) is 3.51. The number of furan rings is 1. The van der Waals surface area contributed by atoms with Gasteiger partial charge in [-0.1, -0.05) is 6.07 Å². The molecule has 140 valence electrons. The predicted octanol–water partition coefficient (Wildman–Crippen LogP) is 2.87. The molecule has 2 aromatic heterocycles. The molecular formula is C17H14FN3O4S2. The van der Waals surface area contributed by atoms with Crippen LogP contribution >= 0.6 is 11.3 Å². The van der Waals surface area contributed by atoms with Crippen LogP contribution in [0.2, 0.25) is 0 Å². The molecule has 0 atom stereocenters. The Morgan fingerprint density at radius 3 is 2.93 bits per heavy atom. The average molecular weight is 407 g/mol. The van der Waals surface area contributed by atoms with Crippen LogP contribution in [0.15, 0.2) is 52.2 Å². The van der Waals surface area contributed by atoms with Crippen molar-refractivity contribution in [3.05, 3.63) is 64.8 Å². The number of fused-ring (bicyclic) bond motifs is 1. The number of rotatable bonds is 4. The number of hydrogen-bond acceptors (Lipinski definition) is 6. The fraction of sp³-hybridized carbons (Fsp3) is 0.176. The fourth-order valence-corrected chi connectivity index (χ4v) is 5.31. The summed E-state index contributed by atoms with van der Waals surface area (Å²) >= 11 is 1.23. The summed E-state index contributed by atoms with van der Waals surface area (Å²) in [5.74, 6) is -0.949. The van der Waals surface area contributed by atoms with E-state index in [1.165, 1.54) is 52.4 Å². The van der Waals surface area contributed by atoms with E-state index in [1.807, 2.05) is 0 Å². The third-order valence-corrected chi connectivity index (χ3v) is 6.97. The molecule has 0 saturated heterocycles. The van der Waals surface area contributed by atoms with Crippen molar-refractivity contribution >= 4 is 32.4 Å². The number of hydrogen-bond donors (Lipinski definition) is 1. The highest BCUT2D eigenvalue weighted by molar-refractivity contribution is 7.89. The molecule has 3 heterocycles. The van der Waals surface area contributed by atoms with E-state index < -0.39 is 15.8 Å². The molecule has 0 aliphatic carbocycles. The summed E-state index contributed by atoms with van der Waals surface area (Å²) in [6, 6.07) is 6.49. The van der Waals surface area contributed by atoms with Gasteiger partial charge in [0.2, 0.25) is 10.0 Å². The van der Waals surface area contributed by atoms with Crippen LogP contribution in [0.25, 0.3) is 0 Å². The zero-order valence-corrected chi connectivity index (χ0v) is 15.5. The van der Waals surface area contributed by atoms with Gasteiger partial charge in [0.25, 0.3) is 5.91 Å². The first kappa shape index (κ1) is 17.8. The van der Waals surface area contributed by atoms with Crippen LogP contribution in [0.3, 0.4) is 0 Å². The molecule has 0 bridgehead atoms. The second kappa shape index (κ2) is 6.87. The van der Waals surface area contributed by atoms with E-state index in [1.54, 1.807) is 0 Å². The third-order valence-electron chi connectivity index (χ3n) is 4.13. The molecule has 0 fully saturated rings. The Kier molecular flexibility index (Phi) is 4.54. The smallest absolute Gasteiger partial charge is 0.260 e. The van der Waals surface area contributed by atoms with E-state index in [0.29, 0.717) is 17.1 Å². The van der Waals surface area contributed by atoms with Crippen LogP contribution in [0.1, 0.15) is 20.9 Å². The number of carbonyl (C=O) groups excluding carboxylic acids is 1. The van der Waals surface area contributed by atoms with E-state index >= 15 is 0 Å². The number of nitrogens with zero attached hydrogens (tertiary/aromatic N) is 2. The minimum Gasteiger partial charge on any atom is -0.472 e. The van der Waals surface area contributed by atoms with Gasteiger partial charge in [0, 0.05) is 17.8 Å². The van der Waals surface area contributed by atoms with E-state index in [4.69, 9.17) is 4.42 Å². The first-order valence-electron chi connectivity index (χ1n) is 8.01. The first-order chi connectivity index (χ1) is 12.9. The van der Waals surface area contributed by atoms with Crippen LogP contribution in [0.4, 0.5) is 9.52 Å². The summed E-state index contributed by atoms with van der Waals surface area (Å²) in [6.07, 6.45) is 3.15. The largest absolute Gasteiger partial charge is 0.472 e. The van der Waals surface area contributed by atoms with Crippen molar-refractivity contribution in [2.24, 2.45) is 0 Å². The molecule has 4 rings (SSSR count). The summed E-state index contributed by atoms with van der Waals surface area (Å²) < 4.78 is 45.1. The van der Waals surface area contributed by atoms with Gasteiger partial charge in [0.1, 0.15) is 12.1 Å². The molecule has 27 heavy (non-hydrogen) atoms. The number of anilines is 1. The predicted molar refractivity (Wildman–Crippen MR) is 96.5 cm³/mol. The molecule has 1 amide bonds. The van der Waals surface area contributed by atoms with Gasteiger partial charge in [-0.3, -0.25) is 10.1 Å². The molecule has 1 aliphatic rings. The molecule has 1 aromatic carbocycles. The van der Waals surface area contributed by atoms with Crippen molar-refractivity contribution in [2.75, 3.05) is 11.9 Å². The summed E-state index contributed by atoms with van der Waals surface area (Å²) in [6.45, 7) is 0.373. The van der Waals surface area contributed by atoms with Crippen LogP contribution in [-0.4, -0.2) is 30.2 Å². The zero-order chi connectivity index (χ0) is 19.0. The maximum absolute atomic E-state index is 13.4. The lowest BCUT2D eigenvalue weighted by atomic mass is 10.2. The Morgan fingerprint density at radius 2 is 2.19 bits per heavy atom. The van der Waals surface area contributed by atoms with Gasteiger partial charge < -0.3 is 4.42 Å². The van der Waals surface area contributed by atoms with Gasteiger partial charge in [-0.05, 0) is 24.3 Å². The maximum Gasteiger partial charge on any atom is 0.260 e. The average Bonchev–Trinajstić information content (AvgIpc) is 3.30. The number of carbonyl (C=O) groups is 1. The Labute approximate surface area is 158 Å². The van der Waals surface area contributed by atoms with Crippen molar-refractivity contribution in [1.82, 2.24) is 9.29 Å². The highest BCUT2D eigenvalue weighted by atomic mass is 32.2. The SMILES string of the molecule is O=C(Nc1nc2c(s1)CN(S(=O)(=O)c1cccc(F)c1)CC2)c1ccoc1. The molecule has 7 nitrogen and oxygen atoms in total. The lowest BCUT2D eigenvalue weighted by Gasteiger charge is -2.25. The van der Waals surface area contributed by atoms with Gasteiger partial charge in [-0.2, -0.15) is 4.31 Å². The number of thiazole rings is 1. The lowest BCUT2D eigenvalue weighted by molar-refractivity contribution is 0.102. The number of amides is 1. The number of aromatic nitrogens is 1. The molecule has 0 spiro atoms. The number of halogens is 1. The molecule has 1 aliphatic heterocycles. The summed E-state index contributed by atoms with van der Waals surface area (Å²) in [5, 5.41) is 3.08. The number of sulfonamides is 1. The highest BCUT2D eigenvalue weighted by Gasteiger charge is 2.30. The molecular weight excluding hydrogens is 393 g/mol. The van der Waals surface area contributed by atoms with Gasteiger partial charge in [-0.15, -0.1) is 11.3 Å². The molecule has 10 heteroatoms. The quantitative estimate of drug-likeness (QED) is 0.718. The van der Waals surface area contributed by atoms with Gasteiger partial charge in [-0.25, -0.2) is 17.8 Å². The summed E-state index contributed by atoms with van der Waals surface area (Å²) in [5.41, 5.74) is 1.13. The highest BCUT2D eigenvalue weighted by Crippen LogP contribution is 2.31. The molecule has 0 saturated carbocycles. The molecule has 3 aromatic rings.